The van der Waals surface area contributed by atoms with Crippen molar-refractivity contribution in [3.05, 3.63) is 64.3 Å². The van der Waals surface area contributed by atoms with Crippen molar-refractivity contribution < 1.29 is 4.79 Å². The van der Waals surface area contributed by atoms with Crippen molar-refractivity contribution in [3.8, 4) is 0 Å². The molecule has 1 N–H and O–H groups in total. The van der Waals surface area contributed by atoms with Crippen molar-refractivity contribution in [2.24, 2.45) is 0 Å². The number of carbonyl (C=O) groups excluding carboxylic acids is 1. The Morgan fingerprint density at radius 3 is 2.88 bits per heavy atom. The molecule has 0 atom stereocenters. The standard InChI is InChI=1S/C19H18ClN3O/c1-12-2-3-15(9-17(12)20)19(24)21-11-23-18-7-6-14(13-4-5-13)8-16(18)10-22-23/h2-3,6-10,13H,4-5,11H2,1H3,(H,21,24). The summed E-state index contributed by atoms with van der Waals surface area (Å²) in [6.07, 6.45) is 4.43. The van der Waals surface area contributed by atoms with Gasteiger partial charge < -0.3 is 5.32 Å². The Balaban J connectivity index is 1.49. The molecule has 1 saturated carbocycles. The first-order chi connectivity index (χ1) is 11.6. The first-order valence-corrected chi connectivity index (χ1v) is 8.49. The van der Waals surface area contributed by atoms with Gasteiger partial charge in [0.1, 0.15) is 6.67 Å². The summed E-state index contributed by atoms with van der Waals surface area (Å²) in [6.45, 7) is 2.24. The number of nitrogens with one attached hydrogen (secondary N) is 1. The van der Waals surface area contributed by atoms with Crippen LogP contribution in [0, 0.1) is 6.92 Å². The minimum absolute atomic E-state index is 0.157. The predicted octanol–water partition coefficient (Wildman–Crippen LogP) is 4.26. The quantitative estimate of drug-likeness (QED) is 0.771. The van der Waals surface area contributed by atoms with Gasteiger partial charge in [-0.3, -0.25) is 4.79 Å². The molecule has 1 fully saturated rings. The van der Waals surface area contributed by atoms with Gasteiger partial charge in [-0.05, 0) is 61.1 Å². The number of fused-ring (bicyclic) bond motifs is 1. The van der Waals surface area contributed by atoms with E-state index in [4.69, 9.17) is 11.6 Å². The second-order valence-electron chi connectivity index (χ2n) is 6.36. The van der Waals surface area contributed by atoms with Crippen LogP contribution in [0.25, 0.3) is 10.9 Å². The van der Waals surface area contributed by atoms with Crippen LogP contribution in [0.1, 0.15) is 40.2 Å². The van der Waals surface area contributed by atoms with Gasteiger partial charge in [-0.1, -0.05) is 23.7 Å². The van der Waals surface area contributed by atoms with Gasteiger partial charge in [0, 0.05) is 16.0 Å². The number of hydrogen-bond acceptors (Lipinski definition) is 2. The van der Waals surface area contributed by atoms with Crippen LogP contribution in [-0.2, 0) is 6.67 Å². The molecule has 4 nitrogen and oxygen atoms in total. The van der Waals surface area contributed by atoms with E-state index in [0.717, 1.165) is 22.4 Å². The lowest BCUT2D eigenvalue weighted by atomic mass is 10.1. The van der Waals surface area contributed by atoms with Crippen molar-refractivity contribution in [2.75, 3.05) is 0 Å². The van der Waals surface area contributed by atoms with Gasteiger partial charge >= 0.3 is 0 Å². The molecule has 1 amide bonds. The van der Waals surface area contributed by atoms with Crippen LogP contribution in [0.2, 0.25) is 5.02 Å². The van der Waals surface area contributed by atoms with Crippen LogP contribution in [0.3, 0.4) is 0 Å². The van der Waals surface area contributed by atoms with E-state index < -0.39 is 0 Å². The first kappa shape index (κ1) is 15.2. The molecular weight excluding hydrogens is 322 g/mol. The molecule has 3 aromatic rings. The van der Waals surface area contributed by atoms with Gasteiger partial charge in [0.2, 0.25) is 0 Å². The Kier molecular flexibility index (Phi) is 3.77. The second kappa shape index (κ2) is 5.95. The van der Waals surface area contributed by atoms with E-state index in [1.807, 2.05) is 19.2 Å². The average molecular weight is 340 g/mol. The number of amides is 1. The van der Waals surface area contributed by atoms with Crippen molar-refractivity contribution in [1.82, 2.24) is 15.1 Å². The van der Waals surface area contributed by atoms with Crippen LogP contribution < -0.4 is 5.32 Å². The number of aryl methyl sites for hydroxylation is 1. The average Bonchev–Trinajstić information content (AvgIpc) is 3.36. The summed E-state index contributed by atoms with van der Waals surface area (Å²) in [4.78, 5) is 12.3. The van der Waals surface area contributed by atoms with Crippen molar-refractivity contribution in [3.63, 3.8) is 0 Å². The molecule has 1 heterocycles. The SMILES string of the molecule is Cc1ccc(C(=O)NCn2ncc3cc(C4CC4)ccc32)cc1Cl. The van der Waals surface area contributed by atoms with E-state index in [1.54, 1.807) is 16.8 Å². The Hall–Kier alpha value is -2.33. The first-order valence-electron chi connectivity index (χ1n) is 8.11. The molecule has 0 bridgehead atoms. The van der Waals surface area contributed by atoms with Crippen LogP contribution in [-0.4, -0.2) is 15.7 Å². The fraction of sp³-hybridized carbons (Fsp3) is 0.263. The summed E-state index contributed by atoms with van der Waals surface area (Å²) in [6, 6.07) is 11.8. The highest BCUT2D eigenvalue weighted by Gasteiger charge is 2.23. The molecule has 5 heteroatoms. The summed E-state index contributed by atoms with van der Waals surface area (Å²) < 4.78 is 1.81. The minimum Gasteiger partial charge on any atom is -0.333 e. The molecule has 4 rings (SSSR count). The zero-order valence-corrected chi connectivity index (χ0v) is 14.2. The van der Waals surface area contributed by atoms with E-state index in [9.17, 15) is 4.79 Å². The molecule has 0 aliphatic heterocycles. The van der Waals surface area contributed by atoms with Gasteiger partial charge in [-0.2, -0.15) is 5.10 Å². The lowest BCUT2D eigenvalue weighted by Crippen LogP contribution is -2.26. The highest BCUT2D eigenvalue weighted by molar-refractivity contribution is 6.31. The molecule has 1 aromatic heterocycles. The minimum atomic E-state index is -0.157. The van der Waals surface area contributed by atoms with Crippen LogP contribution in [0.5, 0.6) is 0 Å². The fourth-order valence-corrected chi connectivity index (χ4v) is 3.07. The van der Waals surface area contributed by atoms with E-state index >= 15 is 0 Å². The smallest absolute Gasteiger partial charge is 0.252 e. The molecule has 0 unspecified atom stereocenters. The van der Waals surface area contributed by atoms with Crippen molar-refractivity contribution in [2.45, 2.75) is 32.4 Å². The molecule has 2 aromatic carbocycles. The van der Waals surface area contributed by atoms with Crippen molar-refractivity contribution in [1.29, 1.82) is 0 Å². The van der Waals surface area contributed by atoms with Gasteiger partial charge in [0.25, 0.3) is 5.91 Å². The molecule has 1 aliphatic carbocycles. The molecule has 0 spiro atoms. The Morgan fingerprint density at radius 1 is 1.29 bits per heavy atom. The molecule has 0 radical (unpaired) electrons. The van der Waals surface area contributed by atoms with Crippen LogP contribution in [0.15, 0.2) is 42.6 Å². The largest absolute Gasteiger partial charge is 0.333 e. The zero-order valence-electron chi connectivity index (χ0n) is 13.4. The maximum absolute atomic E-state index is 12.3. The summed E-state index contributed by atoms with van der Waals surface area (Å²) in [5.74, 6) is 0.568. The van der Waals surface area contributed by atoms with Crippen molar-refractivity contribution >= 4 is 28.4 Å². The summed E-state index contributed by atoms with van der Waals surface area (Å²) in [7, 11) is 0. The number of nitrogens with zero attached hydrogens (tertiary/aromatic N) is 2. The van der Waals surface area contributed by atoms with Crippen LogP contribution in [0.4, 0.5) is 0 Å². The monoisotopic (exact) mass is 339 g/mol. The zero-order chi connectivity index (χ0) is 16.7. The van der Waals surface area contributed by atoms with E-state index in [0.29, 0.717) is 17.3 Å². The Morgan fingerprint density at radius 2 is 2.12 bits per heavy atom. The van der Waals surface area contributed by atoms with E-state index in [1.165, 1.54) is 18.4 Å². The summed E-state index contributed by atoms with van der Waals surface area (Å²) in [5, 5.41) is 9.00. The number of carbonyl (C=O) groups is 1. The molecule has 24 heavy (non-hydrogen) atoms. The Bertz CT molecular complexity index is 928. The molecule has 122 valence electrons. The molecule has 0 saturated heterocycles. The molecule has 1 aliphatic rings. The highest BCUT2D eigenvalue weighted by atomic mass is 35.5. The number of hydrogen-bond donors (Lipinski definition) is 1. The molecular formula is C19H18ClN3O. The third kappa shape index (κ3) is 2.89. The lowest BCUT2D eigenvalue weighted by Gasteiger charge is -2.08. The van der Waals surface area contributed by atoms with E-state index in [-0.39, 0.29) is 5.91 Å². The number of benzene rings is 2. The maximum atomic E-state index is 12.3. The van der Waals surface area contributed by atoms with E-state index in [2.05, 4.69) is 28.6 Å². The lowest BCUT2D eigenvalue weighted by molar-refractivity contribution is 0.0941. The number of halogens is 1. The summed E-state index contributed by atoms with van der Waals surface area (Å²) >= 11 is 6.08. The topological polar surface area (TPSA) is 46.9 Å². The summed E-state index contributed by atoms with van der Waals surface area (Å²) in [5.41, 5.74) is 3.93. The van der Waals surface area contributed by atoms with Gasteiger partial charge in [-0.25, -0.2) is 4.68 Å². The van der Waals surface area contributed by atoms with Crippen LogP contribution >= 0.6 is 11.6 Å². The highest BCUT2D eigenvalue weighted by Crippen LogP contribution is 2.40. The van der Waals surface area contributed by atoms with Gasteiger partial charge in [0.05, 0.1) is 11.7 Å². The Labute approximate surface area is 145 Å². The van der Waals surface area contributed by atoms with Gasteiger partial charge in [0.15, 0.2) is 0 Å². The maximum Gasteiger partial charge on any atom is 0.252 e. The normalized spacial score (nSPS) is 14.1. The third-order valence-corrected chi connectivity index (χ3v) is 4.95. The number of aromatic nitrogens is 2. The van der Waals surface area contributed by atoms with Gasteiger partial charge in [-0.15, -0.1) is 0 Å². The fourth-order valence-electron chi connectivity index (χ4n) is 2.88. The second-order valence-corrected chi connectivity index (χ2v) is 6.77. The third-order valence-electron chi connectivity index (χ3n) is 4.54. The predicted molar refractivity (Wildman–Crippen MR) is 95.4 cm³/mol. The number of rotatable bonds is 4.